The van der Waals surface area contributed by atoms with Crippen molar-refractivity contribution in [2.45, 2.75) is 20.7 Å². The zero-order chi connectivity index (χ0) is 31.9. The van der Waals surface area contributed by atoms with Gasteiger partial charge in [0.05, 0.1) is 24.6 Å². The van der Waals surface area contributed by atoms with Gasteiger partial charge in [0.2, 0.25) is 5.95 Å². The minimum atomic E-state index is -2.61. The number of carbonyl (C=O) groups is 1. The monoisotopic (exact) mass is 483 g/mol. The van der Waals surface area contributed by atoms with E-state index in [4.69, 9.17) is 11.0 Å². The van der Waals surface area contributed by atoms with Crippen LogP contribution in [0.4, 0.5) is 17.3 Å². The largest absolute Gasteiger partial charge is 0.324 e. The predicted molar refractivity (Wildman–Crippen MR) is 141 cm³/mol. The quantitative estimate of drug-likeness (QED) is 0.324. The van der Waals surface area contributed by atoms with Crippen molar-refractivity contribution >= 4 is 23.2 Å². The van der Waals surface area contributed by atoms with Gasteiger partial charge in [0.1, 0.15) is 0 Å². The Labute approximate surface area is 220 Å². The van der Waals surface area contributed by atoms with Crippen molar-refractivity contribution < 1.29 is 15.8 Å². The molecular weight excluding hydrogens is 450 g/mol. The third kappa shape index (κ3) is 5.12. The van der Waals surface area contributed by atoms with Crippen LogP contribution in [0, 0.1) is 20.7 Å². The topological polar surface area (TPSA) is 97.6 Å². The normalized spacial score (nSPS) is 14.3. The van der Waals surface area contributed by atoms with Crippen LogP contribution in [0.15, 0.2) is 85.6 Å². The lowest BCUT2D eigenvalue weighted by Crippen LogP contribution is -2.13. The van der Waals surface area contributed by atoms with Gasteiger partial charge in [-0.05, 0) is 80.3 Å². The van der Waals surface area contributed by atoms with E-state index in [9.17, 15) is 4.79 Å². The molecule has 5 rings (SSSR count). The van der Waals surface area contributed by atoms with Gasteiger partial charge in [-0.1, -0.05) is 6.07 Å². The molecule has 0 fully saturated rings. The lowest BCUT2D eigenvalue weighted by atomic mass is 10.1. The number of nitrogens with one attached hydrogen (secondary N) is 2. The fraction of sp³-hybridized carbons (Fsp3) is 0.107. The van der Waals surface area contributed by atoms with E-state index in [2.05, 4.69) is 30.6 Å². The van der Waals surface area contributed by atoms with E-state index in [0.29, 0.717) is 11.3 Å². The summed E-state index contributed by atoms with van der Waals surface area (Å²) in [5.74, 6) is -0.909. The Kier molecular flexibility index (Phi) is 4.14. The molecule has 0 spiro atoms. The van der Waals surface area contributed by atoms with Crippen LogP contribution in [-0.4, -0.2) is 30.4 Å². The summed E-state index contributed by atoms with van der Waals surface area (Å²) in [7, 11) is 0. The molecule has 1 amide bonds. The molecule has 8 nitrogen and oxygen atoms in total. The SMILES string of the molecule is [2H]c1nc(Nc2cc(C(=O)Nc3c([2H])c(C)c([2H])c(-n4cnc(C)c4)c3[2H])ccc2C([2H])([2H])[2H])nc(-c2cccnc2)c1[2H]. The average molecular weight is 484 g/mol. The van der Waals surface area contributed by atoms with E-state index >= 15 is 0 Å². The molecule has 0 saturated carbocycles. The summed E-state index contributed by atoms with van der Waals surface area (Å²) in [5.41, 5.74) is 1.25. The minimum Gasteiger partial charge on any atom is -0.324 e. The number of carbonyl (C=O) groups excluding carboxylic acids is 1. The van der Waals surface area contributed by atoms with Gasteiger partial charge in [0.25, 0.3) is 5.91 Å². The predicted octanol–water partition coefficient (Wildman–Crippen LogP) is 5.65. The summed E-state index contributed by atoms with van der Waals surface area (Å²) in [4.78, 5) is 29.9. The van der Waals surface area contributed by atoms with Crippen molar-refractivity contribution in [2.24, 2.45) is 0 Å². The van der Waals surface area contributed by atoms with E-state index in [1.54, 1.807) is 38.4 Å². The number of anilines is 3. The molecule has 8 heteroatoms. The first kappa shape index (κ1) is 15.2. The number of hydrogen-bond donors (Lipinski definition) is 2. The Morgan fingerprint density at radius 3 is 2.83 bits per heavy atom. The zero-order valence-corrected chi connectivity index (χ0v) is 19.3. The molecule has 36 heavy (non-hydrogen) atoms. The molecule has 0 atom stereocenters. The Morgan fingerprint density at radius 2 is 2.06 bits per heavy atom. The van der Waals surface area contributed by atoms with Crippen LogP contribution >= 0.6 is 0 Å². The number of aryl methyl sites for hydroxylation is 2. The van der Waals surface area contributed by atoms with E-state index in [1.807, 2.05) is 0 Å². The van der Waals surface area contributed by atoms with Crippen LogP contribution < -0.4 is 10.6 Å². The van der Waals surface area contributed by atoms with Crippen LogP contribution in [0.2, 0.25) is 0 Å². The van der Waals surface area contributed by atoms with Crippen LogP contribution in [0.5, 0.6) is 0 Å². The molecule has 0 aliphatic heterocycles. The van der Waals surface area contributed by atoms with Crippen molar-refractivity contribution in [2.75, 3.05) is 10.6 Å². The number of nitrogens with zero attached hydrogens (tertiary/aromatic N) is 5. The fourth-order valence-corrected chi connectivity index (χ4v) is 3.40. The molecule has 0 bridgehead atoms. The van der Waals surface area contributed by atoms with Gasteiger partial charge in [0, 0.05) is 57.1 Å². The highest BCUT2D eigenvalue weighted by atomic mass is 16.1. The first-order valence-electron chi connectivity index (χ1n) is 14.9. The standard InChI is InChI=1S/C28H25N7O/c1-18-11-23(14-24(12-18)35-16-20(3)31-17-35)32-27(36)21-7-6-19(2)26(13-21)34-28-30-10-8-25(33-28)22-5-4-9-29-15-22/h4-17H,1-3H3,(H,32,36)(H,30,33,34)/i2D3,8D,10D,11D,12D,14D. The lowest BCUT2D eigenvalue weighted by Gasteiger charge is -2.13. The first-order chi connectivity index (χ1) is 20.8. The summed E-state index contributed by atoms with van der Waals surface area (Å²) in [6, 6.07) is 6.34. The van der Waals surface area contributed by atoms with Crippen molar-refractivity contribution in [3.05, 3.63) is 108 Å². The third-order valence-electron chi connectivity index (χ3n) is 5.09. The first-order valence-corrected chi connectivity index (χ1v) is 10.9. The number of pyridine rings is 1. The smallest absolute Gasteiger partial charge is 0.255 e. The number of amides is 1. The van der Waals surface area contributed by atoms with Gasteiger partial charge in [-0.3, -0.25) is 9.78 Å². The maximum absolute atomic E-state index is 13.5. The number of aromatic nitrogens is 5. The second-order valence-electron chi connectivity index (χ2n) is 7.86. The molecular formula is C28H25N7O. The highest BCUT2D eigenvalue weighted by Gasteiger charge is 2.12. The molecule has 3 aromatic heterocycles. The lowest BCUT2D eigenvalue weighted by molar-refractivity contribution is 0.102. The van der Waals surface area contributed by atoms with Crippen molar-refractivity contribution in [1.82, 2.24) is 24.5 Å². The van der Waals surface area contributed by atoms with Crippen LogP contribution in [0.25, 0.3) is 16.9 Å². The van der Waals surface area contributed by atoms with Gasteiger partial charge in [-0.25, -0.2) is 15.0 Å². The molecule has 0 aliphatic rings. The number of benzene rings is 2. The molecule has 5 aromatic rings. The summed E-state index contributed by atoms with van der Waals surface area (Å²) < 4.78 is 67.6. The van der Waals surface area contributed by atoms with Gasteiger partial charge < -0.3 is 15.2 Å². The van der Waals surface area contributed by atoms with Crippen LogP contribution in [-0.2, 0) is 0 Å². The average Bonchev–Trinajstić information content (AvgIpc) is 3.41. The zero-order valence-electron chi connectivity index (χ0n) is 27.3. The summed E-state index contributed by atoms with van der Waals surface area (Å²) in [5, 5.41) is 5.38. The number of rotatable bonds is 6. The summed E-state index contributed by atoms with van der Waals surface area (Å²) in [6.45, 7) is 0.691. The second-order valence-corrected chi connectivity index (χ2v) is 7.86. The third-order valence-corrected chi connectivity index (χ3v) is 5.09. The van der Waals surface area contributed by atoms with E-state index in [-0.39, 0.29) is 69.6 Å². The van der Waals surface area contributed by atoms with Gasteiger partial charge in [0.15, 0.2) is 0 Å². The van der Waals surface area contributed by atoms with Crippen molar-refractivity contribution in [3.63, 3.8) is 0 Å². The molecule has 0 aliphatic carbocycles. The van der Waals surface area contributed by atoms with Gasteiger partial charge >= 0.3 is 0 Å². The van der Waals surface area contributed by atoms with Crippen molar-refractivity contribution in [3.8, 4) is 16.9 Å². The highest BCUT2D eigenvalue weighted by molar-refractivity contribution is 6.05. The second kappa shape index (κ2) is 9.79. The summed E-state index contributed by atoms with van der Waals surface area (Å²) in [6.07, 6.45) is 5.68. The maximum atomic E-state index is 13.5. The molecule has 0 unspecified atom stereocenters. The van der Waals surface area contributed by atoms with Crippen LogP contribution in [0.3, 0.4) is 0 Å². The molecule has 2 N–H and O–H groups in total. The fourth-order valence-electron chi connectivity index (χ4n) is 3.40. The molecule has 3 heterocycles. The van der Waals surface area contributed by atoms with Crippen molar-refractivity contribution in [1.29, 1.82) is 0 Å². The van der Waals surface area contributed by atoms with Crippen LogP contribution in [0.1, 0.15) is 38.1 Å². The Hall–Kier alpha value is -4.85. The molecule has 178 valence electrons. The highest BCUT2D eigenvalue weighted by Crippen LogP contribution is 2.24. The van der Waals surface area contributed by atoms with E-state index < -0.39 is 18.9 Å². The van der Waals surface area contributed by atoms with Gasteiger partial charge in [-0.2, -0.15) is 0 Å². The van der Waals surface area contributed by atoms with Gasteiger partial charge in [-0.15, -0.1) is 0 Å². The Bertz CT molecular complexity index is 1910. The molecule has 0 saturated heterocycles. The molecule has 0 radical (unpaired) electrons. The van der Waals surface area contributed by atoms with E-state index in [0.717, 1.165) is 0 Å². The van der Waals surface area contributed by atoms with E-state index in [1.165, 1.54) is 35.3 Å². The summed E-state index contributed by atoms with van der Waals surface area (Å²) >= 11 is 0. The molecule has 2 aromatic carbocycles. The number of hydrogen-bond acceptors (Lipinski definition) is 6. The minimum absolute atomic E-state index is 0.0115. The Morgan fingerprint density at radius 1 is 1.14 bits per heavy atom. The Balaban J connectivity index is 1.54. The number of imidazole rings is 1. The maximum Gasteiger partial charge on any atom is 0.255 e.